The van der Waals surface area contributed by atoms with Crippen molar-refractivity contribution in [1.82, 2.24) is 19.4 Å². The smallest absolute Gasteiger partial charge is 0.274 e. The van der Waals surface area contributed by atoms with E-state index >= 15 is 0 Å². The van der Waals surface area contributed by atoms with Gasteiger partial charge < -0.3 is 15.2 Å². The lowest BCUT2D eigenvalue weighted by atomic mass is 10.2. The first-order valence-electron chi connectivity index (χ1n) is 7.40. The molecule has 0 radical (unpaired) electrons. The summed E-state index contributed by atoms with van der Waals surface area (Å²) in [5.41, 5.74) is 6.02. The van der Waals surface area contributed by atoms with Crippen LogP contribution in [0.15, 0.2) is 12.5 Å². The van der Waals surface area contributed by atoms with Crippen LogP contribution in [0.3, 0.4) is 0 Å². The van der Waals surface area contributed by atoms with Crippen LogP contribution in [0, 0.1) is 0 Å². The summed E-state index contributed by atoms with van der Waals surface area (Å²) in [6, 6.07) is 0.594. The molecule has 0 bridgehead atoms. The summed E-state index contributed by atoms with van der Waals surface area (Å²) >= 11 is 0. The Hall–Kier alpha value is -1.40. The Labute approximate surface area is 120 Å². The van der Waals surface area contributed by atoms with E-state index in [9.17, 15) is 4.79 Å². The Morgan fingerprint density at radius 3 is 2.70 bits per heavy atom. The zero-order valence-electron chi connectivity index (χ0n) is 12.5. The van der Waals surface area contributed by atoms with Crippen molar-refractivity contribution in [3.8, 4) is 0 Å². The quantitative estimate of drug-likeness (QED) is 0.847. The number of piperazine rings is 1. The maximum atomic E-state index is 12.4. The van der Waals surface area contributed by atoms with E-state index in [2.05, 4.69) is 23.7 Å². The molecule has 1 aliphatic rings. The second-order valence-corrected chi connectivity index (χ2v) is 5.37. The van der Waals surface area contributed by atoms with Gasteiger partial charge in [-0.15, -0.1) is 0 Å². The molecular weight excluding hydrogens is 254 g/mol. The second-order valence-electron chi connectivity index (χ2n) is 5.37. The predicted molar refractivity (Wildman–Crippen MR) is 78.5 cm³/mol. The standard InChI is InChI=1S/C14H25N5O/c1-3-12(2)18-6-8-19(9-7-18)14(20)13-10-17(5-4-15)11-16-13/h10-12H,3-9,15H2,1-2H3. The molecule has 0 aromatic carbocycles. The van der Waals surface area contributed by atoms with E-state index in [1.54, 1.807) is 12.5 Å². The molecule has 2 N–H and O–H groups in total. The number of nitrogens with two attached hydrogens (primary N) is 1. The van der Waals surface area contributed by atoms with Gasteiger partial charge in [0.15, 0.2) is 0 Å². The van der Waals surface area contributed by atoms with Gasteiger partial charge in [-0.3, -0.25) is 9.69 Å². The summed E-state index contributed by atoms with van der Waals surface area (Å²) in [7, 11) is 0. The van der Waals surface area contributed by atoms with Crippen molar-refractivity contribution in [1.29, 1.82) is 0 Å². The van der Waals surface area contributed by atoms with Gasteiger partial charge >= 0.3 is 0 Å². The van der Waals surface area contributed by atoms with Crippen molar-refractivity contribution in [2.24, 2.45) is 5.73 Å². The van der Waals surface area contributed by atoms with Crippen molar-refractivity contribution in [2.75, 3.05) is 32.7 Å². The van der Waals surface area contributed by atoms with Gasteiger partial charge in [0.25, 0.3) is 5.91 Å². The van der Waals surface area contributed by atoms with Gasteiger partial charge in [0, 0.05) is 51.5 Å². The molecule has 6 heteroatoms. The zero-order chi connectivity index (χ0) is 14.5. The van der Waals surface area contributed by atoms with Gasteiger partial charge in [-0.05, 0) is 13.3 Å². The minimum absolute atomic E-state index is 0.0320. The molecule has 1 amide bonds. The van der Waals surface area contributed by atoms with Crippen LogP contribution in [0.4, 0.5) is 0 Å². The molecule has 2 heterocycles. The lowest BCUT2D eigenvalue weighted by molar-refractivity contribution is 0.0574. The molecule has 1 fully saturated rings. The van der Waals surface area contributed by atoms with E-state index in [4.69, 9.17) is 5.73 Å². The van der Waals surface area contributed by atoms with Gasteiger partial charge in [0.1, 0.15) is 5.69 Å². The highest BCUT2D eigenvalue weighted by Gasteiger charge is 2.25. The molecule has 0 aliphatic carbocycles. The van der Waals surface area contributed by atoms with E-state index < -0.39 is 0 Å². The SMILES string of the molecule is CCC(C)N1CCN(C(=O)c2cn(CCN)cn2)CC1. The lowest BCUT2D eigenvalue weighted by Crippen LogP contribution is -2.51. The van der Waals surface area contributed by atoms with Crippen LogP contribution in [-0.2, 0) is 6.54 Å². The van der Waals surface area contributed by atoms with Gasteiger partial charge in [-0.25, -0.2) is 4.98 Å². The Bertz CT molecular complexity index is 437. The number of carbonyl (C=O) groups excluding carboxylic acids is 1. The highest BCUT2D eigenvalue weighted by atomic mass is 16.2. The van der Waals surface area contributed by atoms with E-state index in [0.717, 1.165) is 32.6 Å². The van der Waals surface area contributed by atoms with Gasteiger partial charge in [0.05, 0.1) is 6.33 Å². The fourth-order valence-corrected chi connectivity index (χ4v) is 2.53. The van der Waals surface area contributed by atoms with Gasteiger partial charge in [-0.1, -0.05) is 6.92 Å². The third-order valence-corrected chi connectivity index (χ3v) is 4.06. The molecule has 20 heavy (non-hydrogen) atoms. The first kappa shape index (κ1) is 15.0. The normalized spacial score (nSPS) is 18.2. The van der Waals surface area contributed by atoms with Crippen LogP contribution in [0.1, 0.15) is 30.8 Å². The molecule has 1 aromatic heterocycles. The monoisotopic (exact) mass is 279 g/mol. The average Bonchev–Trinajstić information content (AvgIpc) is 2.95. The Morgan fingerprint density at radius 1 is 1.40 bits per heavy atom. The summed E-state index contributed by atoms with van der Waals surface area (Å²) in [4.78, 5) is 20.9. The van der Waals surface area contributed by atoms with E-state index in [1.165, 1.54) is 0 Å². The number of aromatic nitrogens is 2. The highest BCUT2D eigenvalue weighted by Crippen LogP contribution is 2.11. The molecule has 0 saturated carbocycles. The summed E-state index contributed by atoms with van der Waals surface area (Å²) < 4.78 is 1.86. The minimum atomic E-state index is 0.0320. The fraction of sp³-hybridized carbons (Fsp3) is 0.714. The highest BCUT2D eigenvalue weighted by molar-refractivity contribution is 5.92. The maximum Gasteiger partial charge on any atom is 0.274 e. The van der Waals surface area contributed by atoms with E-state index in [0.29, 0.717) is 24.8 Å². The van der Waals surface area contributed by atoms with Crippen molar-refractivity contribution >= 4 is 5.91 Å². The first-order chi connectivity index (χ1) is 9.65. The van der Waals surface area contributed by atoms with Crippen LogP contribution in [0.2, 0.25) is 0 Å². The maximum absolute atomic E-state index is 12.4. The molecule has 1 unspecified atom stereocenters. The lowest BCUT2D eigenvalue weighted by Gasteiger charge is -2.37. The molecular formula is C14H25N5O. The average molecular weight is 279 g/mol. The van der Waals surface area contributed by atoms with Crippen LogP contribution < -0.4 is 5.73 Å². The number of hydrogen-bond acceptors (Lipinski definition) is 4. The van der Waals surface area contributed by atoms with E-state index in [-0.39, 0.29) is 5.91 Å². The summed E-state index contributed by atoms with van der Waals surface area (Å²) in [6.07, 6.45) is 4.61. The Morgan fingerprint density at radius 2 is 2.10 bits per heavy atom. The number of hydrogen-bond donors (Lipinski definition) is 1. The Kier molecular flexibility index (Phi) is 5.14. The number of amides is 1. The molecule has 2 rings (SSSR count). The molecule has 0 spiro atoms. The molecule has 6 nitrogen and oxygen atoms in total. The Balaban J connectivity index is 1.90. The topological polar surface area (TPSA) is 67.4 Å². The van der Waals surface area contributed by atoms with Crippen LogP contribution in [0.25, 0.3) is 0 Å². The third-order valence-electron chi connectivity index (χ3n) is 4.06. The minimum Gasteiger partial charge on any atom is -0.335 e. The van der Waals surface area contributed by atoms with Crippen LogP contribution in [-0.4, -0.2) is 64.0 Å². The molecule has 112 valence electrons. The zero-order valence-corrected chi connectivity index (χ0v) is 12.5. The van der Waals surface area contributed by atoms with Gasteiger partial charge in [-0.2, -0.15) is 0 Å². The molecule has 1 aliphatic heterocycles. The number of rotatable bonds is 5. The summed E-state index contributed by atoms with van der Waals surface area (Å²) in [5, 5.41) is 0. The molecule has 1 atom stereocenters. The fourth-order valence-electron chi connectivity index (χ4n) is 2.53. The first-order valence-corrected chi connectivity index (χ1v) is 7.40. The van der Waals surface area contributed by atoms with Crippen molar-refractivity contribution in [3.63, 3.8) is 0 Å². The molecule has 1 aromatic rings. The van der Waals surface area contributed by atoms with Gasteiger partial charge in [0.2, 0.25) is 0 Å². The van der Waals surface area contributed by atoms with Crippen molar-refractivity contribution < 1.29 is 4.79 Å². The van der Waals surface area contributed by atoms with Crippen molar-refractivity contribution in [2.45, 2.75) is 32.9 Å². The summed E-state index contributed by atoms with van der Waals surface area (Å²) in [5.74, 6) is 0.0320. The van der Waals surface area contributed by atoms with Crippen LogP contribution in [0.5, 0.6) is 0 Å². The summed E-state index contributed by atoms with van der Waals surface area (Å²) in [6.45, 7) is 9.16. The molecule has 1 saturated heterocycles. The van der Waals surface area contributed by atoms with Crippen molar-refractivity contribution in [3.05, 3.63) is 18.2 Å². The second kappa shape index (κ2) is 6.85. The van der Waals surface area contributed by atoms with Crippen LogP contribution >= 0.6 is 0 Å². The number of carbonyl (C=O) groups is 1. The number of nitrogens with zero attached hydrogens (tertiary/aromatic N) is 4. The third kappa shape index (κ3) is 3.37. The largest absolute Gasteiger partial charge is 0.335 e. The number of imidazole rings is 1. The predicted octanol–water partition coefficient (Wildman–Crippen LogP) is 0.398. The van der Waals surface area contributed by atoms with E-state index in [1.807, 2.05) is 9.47 Å².